The van der Waals surface area contributed by atoms with Crippen LogP contribution in [-0.4, -0.2) is 17.8 Å². The molecule has 14 heavy (non-hydrogen) atoms. The van der Waals surface area contributed by atoms with Crippen molar-refractivity contribution in [2.45, 2.75) is 39.3 Å². The highest BCUT2D eigenvalue weighted by Gasteiger charge is 2.11. The first-order valence-electron chi connectivity index (χ1n) is 5.10. The maximum absolute atomic E-state index is 9.07. The Hall–Kier alpha value is -0.380. The molecule has 0 aliphatic rings. The minimum atomic E-state index is 0.213. The summed E-state index contributed by atoms with van der Waals surface area (Å²) in [6.07, 6.45) is 0.963. The van der Waals surface area contributed by atoms with Gasteiger partial charge in [0.15, 0.2) is 0 Å². The number of thiophene rings is 1. The van der Waals surface area contributed by atoms with Crippen LogP contribution in [0.4, 0.5) is 0 Å². The van der Waals surface area contributed by atoms with Crippen LogP contribution in [0.5, 0.6) is 0 Å². The molecule has 0 aliphatic carbocycles. The maximum atomic E-state index is 9.07. The lowest BCUT2D eigenvalue weighted by Gasteiger charge is -2.19. The van der Waals surface area contributed by atoms with Crippen LogP contribution in [0.3, 0.4) is 0 Å². The van der Waals surface area contributed by atoms with Gasteiger partial charge in [0.25, 0.3) is 0 Å². The Morgan fingerprint density at radius 2 is 2.21 bits per heavy atom. The first kappa shape index (κ1) is 11.7. The van der Waals surface area contributed by atoms with Crippen molar-refractivity contribution < 1.29 is 5.11 Å². The highest BCUT2D eigenvalue weighted by Crippen LogP contribution is 2.22. The predicted molar refractivity (Wildman–Crippen MR) is 61.8 cm³/mol. The van der Waals surface area contributed by atoms with Crippen molar-refractivity contribution in [2.75, 3.05) is 6.61 Å². The van der Waals surface area contributed by atoms with Crippen LogP contribution in [0.25, 0.3) is 0 Å². The fourth-order valence-electron chi connectivity index (χ4n) is 1.42. The van der Waals surface area contributed by atoms with Crippen LogP contribution in [0.15, 0.2) is 12.1 Å². The van der Waals surface area contributed by atoms with E-state index in [4.69, 9.17) is 5.11 Å². The third-order valence-corrected chi connectivity index (χ3v) is 3.57. The lowest BCUT2D eigenvalue weighted by atomic mass is 10.2. The lowest BCUT2D eigenvalue weighted by molar-refractivity contribution is 0.230. The molecule has 0 aromatic carbocycles. The topological polar surface area (TPSA) is 32.3 Å². The molecule has 0 spiro atoms. The van der Waals surface area contributed by atoms with Crippen molar-refractivity contribution in [2.24, 2.45) is 0 Å². The van der Waals surface area contributed by atoms with Crippen LogP contribution >= 0.6 is 11.3 Å². The molecule has 2 N–H and O–H groups in total. The third kappa shape index (κ3) is 3.08. The van der Waals surface area contributed by atoms with E-state index < -0.39 is 0 Å². The smallest absolute Gasteiger partial charge is 0.0584 e. The van der Waals surface area contributed by atoms with E-state index in [2.05, 4.69) is 38.2 Å². The average molecular weight is 213 g/mol. The van der Waals surface area contributed by atoms with Gasteiger partial charge >= 0.3 is 0 Å². The Bertz CT molecular complexity index is 268. The van der Waals surface area contributed by atoms with Gasteiger partial charge < -0.3 is 10.4 Å². The highest BCUT2D eigenvalue weighted by atomic mass is 32.1. The average Bonchev–Trinajstić information content (AvgIpc) is 2.61. The molecule has 3 heteroatoms. The lowest BCUT2D eigenvalue weighted by Crippen LogP contribution is -2.33. The van der Waals surface area contributed by atoms with Crippen molar-refractivity contribution in [3.63, 3.8) is 0 Å². The van der Waals surface area contributed by atoms with E-state index >= 15 is 0 Å². The van der Waals surface area contributed by atoms with E-state index in [-0.39, 0.29) is 12.6 Å². The summed E-state index contributed by atoms with van der Waals surface area (Å²) in [5, 5.41) is 12.5. The van der Waals surface area contributed by atoms with E-state index in [1.54, 1.807) is 0 Å². The third-order valence-electron chi connectivity index (χ3n) is 2.39. The van der Waals surface area contributed by atoms with Crippen LogP contribution in [0.1, 0.15) is 36.1 Å². The Labute approximate surface area is 90.0 Å². The molecule has 0 fully saturated rings. The van der Waals surface area contributed by atoms with Gasteiger partial charge in [-0.3, -0.25) is 0 Å². The fraction of sp³-hybridized carbons (Fsp3) is 0.636. The minimum absolute atomic E-state index is 0.213. The summed E-state index contributed by atoms with van der Waals surface area (Å²) in [6, 6.07) is 4.85. The molecule has 2 atom stereocenters. The first-order chi connectivity index (χ1) is 6.67. The molecule has 1 rings (SSSR count). The quantitative estimate of drug-likeness (QED) is 0.787. The number of nitrogens with one attached hydrogen (secondary N) is 1. The normalized spacial score (nSPS) is 15.4. The second kappa shape index (κ2) is 5.49. The standard InChI is InChI=1S/C11H19NOS/c1-4-10(7-13)12-9(3)11-6-5-8(2)14-11/h5-6,9-10,12-13H,4,7H2,1-3H3/t9-,10+/m0/s1. The number of aryl methyl sites for hydroxylation is 1. The van der Waals surface area contributed by atoms with Crippen molar-refractivity contribution in [3.05, 3.63) is 21.9 Å². The Balaban J connectivity index is 2.53. The molecule has 2 nitrogen and oxygen atoms in total. The molecule has 0 amide bonds. The number of aliphatic hydroxyl groups excluding tert-OH is 1. The summed E-state index contributed by atoms with van der Waals surface area (Å²) in [7, 11) is 0. The van der Waals surface area contributed by atoms with E-state index in [1.165, 1.54) is 9.75 Å². The summed E-state index contributed by atoms with van der Waals surface area (Å²) < 4.78 is 0. The summed E-state index contributed by atoms with van der Waals surface area (Å²) >= 11 is 1.81. The Morgan fingerprint density at radius 1 is 1.50 bits per heavy atom. The van der Waals surface area contributed by atoms with Gasteiger partial charge in [0, 0.05) is 21.8 Å². The van der Waals surface area contributed by atoms with Crippen molar-refractivity contribution in [1.29, 1.82) is 0 Å². The molecule has 1 aromatic rings. The highest BCUT2D eigenvalue weighted by molar-refractivity contribution is 7.12. The molecule has 80 valence electrons. The summed E-state index contributed by atoms with van der Waals surface area (Å²) in [6.45, 7) is 6.55. The van der Waals surface area contributed by atoms with Crippen LogP contribution in [0.2, 0.25) is 0 Å². The van der Waals surface area contributed by atoms with Gasteiger partial charge in [0.1, 0.15) is 0 Å². The molecular weight excluding hydrogens is 194 g/mol. The molecule has 0 aliphatic heterocycles. The predicted octanol–water partition coefficient (Wildman–Crippen LogP) is 2.48. The molecule has 0 saturated heterocycles. The van der Waals surface area contributed by atoms with E-state index in [0.717, 1.165) is 6.42 Å². The molecule has 0 bridgehead atoms. The summed E-state index contributed by atoms with van der Waals surface area (Å²) in [5.41, 5.74) is 0. The second-order valence-electron chi connectivity index (χ2n) is 3.62. The molecule has 1 aromatic heterocycles. The Morgan fingerprint density at radius 3 is 2.64 bits per heavy atom. The van der Waals surface area contributed by atoms with Gasteiger partial charge in [-0.25, -0.2) is 0 Å². The van der Waals surface area contributed by atoms with Gasteiger partial charge in [-0.15, -0.1) is 11.3 Å². The number of aliphatic hydroxyl groups is 1. The van der Waals surface area contributed by atoms with Crippen LogP contribution < -0.4 is 5.32 Å². The fourth-order valence-corrected chi connectivity index (χ4v) is 2.31. The molecule has 0 saturated carbocycles. The van der Waals surface area contributed by atoms with Gasteiger partial charge in [-0.2, -0.15) is 0 Å². The first-order valence-corrected chi connectivity index (χ1v) is 5.92. The molecule has 0 radical (unpaired) electrons. The number of rotatable bonds is 5. The molecule has 0 unspecified atom stereocenters. The second-order valence-corrected chi connectivity index (χ2v) is 4.94. The molecular formula is C11H19NOS. The molecule has 1 heterocycles. The minimum Gasteiger partial charge on any atom is -0.395 e. The van der Waals surface area contributed by atoms with Crippen molar-refractivity contribution in [3.8, 4) is 0 Å². The SMILES string of the molecule is CC[C@H](CO)N[C@@H](C)c1ccc(C)s1. The van der Waals surface area contributed by atoms with Crippen molar-refractivity contribution in [1.82, 2.24) is 5.32 Å². The van der Waals surface area contributed by atoms with Gasteiger partial charge in [0.05, 0.1) is 6.61 Å². The zero-order chi connectivity index (χ0) is 10.6. The summed E-state index contributed by atoms with van der Waals surface area (Å²) in [5.74, 6) is 0. The summed E-state index contributed by atoms with van der Waals surface area (Å²) in [4.78, 5) is 2.68. The van der Waals surface area contributed by atoms with E-state index in [0.29, 0.717) is 6.04 Å². The number of hydrogen-bond acceptors (Lipinski definition) is 3. The van der Waals surface area contributed by atoms with Crippen molar-refractivity contribution >= 4 is 11.3 Å². The largest absolute Gasteiger partial charge is 0.395 e. The van der Waals surface area contributed by atoms with Gasteiger partial charge in [-0.1, -0.05) is 6.92 Å². The van der Waals surface area contributed by atoms with Gasteiger partial charge in [0.2, 0.25) is 0 Å². The van der Waals surface area contributed by atoms with Gasteiger partial charge in [-0.05, 0) is 32.4 Å². The Kier molecular flexibility index (Phi) is 4.58. The monoisotopic (exact) mass is 213 g/mol. The van der Waals surface area contributed by atoms with E-state index in [9.17, 15) is 0 Å². The zero-order valence-electron chi connectivity index (χ0n) is 9.08. The van der Waals surface area contributed by atoms with Crippen LogP contribution in [-0.2, 0) is 0 Å². The zero-order valence-corrected chi connectivity index (χ0v) is 9.90. The number of hydrogen-bond donors (Lipinski definition) is 2. The van der Waals surface area contributed by atoms with E-state index in [1.807, 2.05) is 11.3 Å². The van der Waals surface area contributed by atoms with Crippen LogP contribution in [0, 0.1) is 6.92 Å². The maximum Gasteiger partial charge on any atom is 0.0584 e.